The third kappa shape index (κ3) is 2.41. The van der Waals surface area contributed by atoms with Gasteiger partial charge in [0.15, 0.2) is 0 Å². The number of hydrogen-bond donors (Lipinski definition) is 0. The summed E-state index contributed by atoms with van der Waals surface area (Å²) >= 11 is 2.22. The average molecular weight is 176 g/mol. The zero-order chi connectivity index (χ0) is 9.80. The van der Waals surface area contributed by atoms with Gasteiger partial charge in [-0.1, -0.05) is 0 Å². The monoisotopic (exact) mass is 176 g/mol. The van der Waals surface area contributed by atoms with Crippen molar-refractivity contribution in [1.82, 2.24) is 0 Å². The van der Waals surface area contributed by atoms with E-state index < -0.39 is 0 Å². The Labute approximate surface area is 94.9 Å². The molecule has 0 saturated carbocycles. The molecule has 2 rings (SSSR count). The zero-order valence-electron chi connectivity index (χ0n) is 8.61. The molecule has 1 aromatic rings. The van der Waals surface area contributed by atoms with Gasteiger partial charge in [0.2, 0.25) is 0 Å². The minimum absolute atomic E-state index is 0.676. The van der Waals surface area contributed by atoms with E-state index >= 15 is 0 Å². The third-order valence-electron chi connectivity index (χ3n) is 2.87. The Morgan fingerprint density at radius 2 is 1.93 bits per heavy atom. The van der Waals surface area contributed by atoms with Crippen LogP contribution < -0.4 is 0 Å². The molecule has 1 unspecified atom stereocenters. The summed E-state index contributed by atoms with van der Waals surface area (Å²) in [5.74, 6) is 0.676. The van der Waals surface area contributed by atoms with Crippen LogP contribution in [-0.4, -0.2) is 17.7 Å². The van der Waals surface area contributed by atoms with Gasteiger partial charge in [-0.15, -0.1) is 0 Å². The van der Waals surface area contributed by atoms with Gasteiger partial charge in [-0.3, -0.25) is 0 Å². The second-order valence-corrected chi connectivity index (χ2v) is 3.93. The van der Waals surface area contributed by atoms with Crippen molar-refractivity contribution in [2.45, 2.75) is 12.8 Å². The molecule has 0 saturated heterocycles. The molecule has 0 nitrogen and oxygen atoms in total. The molecule has 1 atom stereocenters. The Morgan fingerprint density at radius 1 is 1.14 bits per heavy atom. The van der Waals surface area contributed by atoms with Gasteiger partial charge < -0.3 is 0 Å². The Morgan fingerprint density at radius 3 is 2.57 bits per heavy atom. The molecule has 0 radical (unpaired) electrons. The number of rotatable bonds is 3. The summed E-state index contributed by atoms with van der Waals surface area (Å²) in [6, 6.07) is 10.7. The van der Waals surface area contributed by atoms with Crippen LogP contribution in [0.15, 0.2) is 52.8 Å². The molecule has 1 aromatic carbocycles. The van der Waals surface area contributed by atoms with Gasteiger partial charge in [0, 0.05) is 0 Å². The van der Waals surface area contributed by atoms with Crippen LogP contribution in [0.5, 0.6) is 0 Å². The minimum atomic E-state index is 0.676. The molecule has 1 heteroatoms. The van der Waals surface area contributed by atoms with Gasteiger partial charge >= 0.3 is 94.8 Å². The molecule has 66 valence electrons. The molecular formula is C13H13Li. The van der Waals surface area contributed by atoms with Gasteiger partial charge in [0.25, 0.3) is 0 Å². The van der Waals surface area contributed by atoms with Crippen molar-refractivity contribution in [3.8, 4) is 0 Å². The first-order chi connectivity index (χ1) is 6.86. The number of benzene rings is 1. The molecule has 1 aliphatic rings. The number of allylic oxidation sites excluding steroid dienone is 4. The summed E-state index contributed by atoms with van der Waals surface area (Å²) in [6.45, 7) is 0. The van der Waals surface area contributed by atoms with E-state index in [4.69, 9.17) is 0 Å². The van der Waals surface area contributed by atoms with Crippen LogP contribution >= 0.6 is 0 Å². The number of hydrogen-bond acceptors (Lipinski definition) is 0. The first-order valence-corrected chi connectivity index (χ1v) is 5.25. The van der Waals surface area contributed by atoms with Crippen LogP contribution in [0.2, 0.25) is 0 Å². The number of aryl methyl sites for hydroxylation is 1. The first kappa shape index (κ1) is 9.84. The Balaban J connectivity index is 1.89. The molecule has 1 aliphatic carbocycles. The van der Waals surface area contributed by atoms with Crippen molar-refractivity contribution in [3.63, 3.8) is 0 Å². The van der Waals surface area contributed by atoms with Crippen molar-refractivity contribution in [1.29, 1.82) is 0 Å². The van der Waals surface area contributed by atoms with Crippen molar-refractivity contribution >= 4 is 17.7 Å². The standard InChI is InChI=1S/C13H13.Li/c1-2-6-12(7-3-1)10-11-13-8-4-5-9-13;/h1-8,13H,10-11H2;. The second-order valence-electron chi connectivity index (χ2n) is 3.93. The van der Waals surface area contributed by atoms with Crippen LogP contribution in [0, 0.1) is 5.92 Å². The van der Waals surface area contributed by atoms with Crippen molar-refractivity contribution in [2.75, 3.05) is 0 Å². The van der Waals surface area contributed by atoms with E-state index in [0.29, 0.717) is 5.92 Å². The summed E-state index contributed by atoms with van der Waals surface area (Å²) in [5.41, 5.74) is 1.45. The summed E-state index contributed by atoms with van der Waals surface area (Å²) in [5, 5.41) is 0. The fraction of sp³-hybridized carbons (Fsp3) is 0.231. The Hall–Kier alpha value is -0.703. The summed E-state index contributed by atoms with van der Waals surface area (Å²) in [4.78, 5) is 0. The molecule has 0 aromatic heterocycles. The normalized spacial score (nSPS) is 19.9. The SMILES string of the molecule is [Li][C]1=CC=CC1CCc1ccccc1. The van der Waals surface area contributed by atoms with Gasteiger partial charge in [-0.25, -0.2) is 0 Å². The second kappa shape index (κ2) is 4.69. The van der Waals surface area contributed by atoms with Crippen molar-refractivity contribution in [2.24, 2.45) is 5.92 Å². The van der Waals surface area contributed by atoms with Crippen LogP contribution in [0.1, 0.15) is 12.0 Å². The molecule has 14 heavy (non-hydrogen) atoms. The molecule has 0 amide bonds. The van der Waals surface area contributed by atoms with Crippen LogP contribution in [-0.2, 0) is 6.42 Å². The predicted molar refractivity (Wildman–Crippen MR) is 61.2 cm³/mol. The summed E-state index contributed by atoms with van der Waals surface area (Å²) in [6.07, 6.45) is 9.11. The maximum absolute atomic E-state index is 2.30. The Bertz CT molecular complexity index is 349. The molecule has 0 aliphatic heterocycles. The maximum atomic E-state index is 2.30. The van der Waals surface area contributed by atoms with Crippen LogP contribution in [0.25, 0.3) is 0 Å². The quantitative estimate of drug-likeness (QED) is 0.621. The van der Waals surface area contributed by atoms with E-state index in [-0.39, 0.29) is 0 Å². The molecule has 0 bridgehead atoms. The van der Waals surface area contributed by atoms with Crippen molar-refractivity contribution < 1.29 is 0 Å². The third-order valence-corrected chi connectivity index (χ3v) is 2.87. The molecule has 0 spiro atoms. The van der Waals surface area contributed by atoms with Crippen molar-refractivity contribution in [3.05, 3.63) is 58.4 Å². The van der Waals surface area contributed by atoms with E-state index in [9.17, 15) is 0 Å². The summed E-state index contributed by atoms with van der Waals surface area (Å²) in [7, 11) is 0. The zero-order valence-corrected chi connectivity index (χ0v) is 8.61. The van der Waals surface area contributed by atoms with Gasteiger partial charge in [0.1, 0.15) is 0 Å². The molecule has 0 fully saturated rings. The van der Waals surface area contributed by atoms with Crippen LogP contribution in [0.3, 0.4) is 0 Å². The van der Waals surface area contributed by atoms with Crippen LogP contribution in [0.4, 0.5) is 0 Å². The molecular weight excluding hydrogens is 163 g/mol. The van der Waals surface area contributed by atoms with E-state index in [2.05, 4.69) is 66.3 Å². The van der Waals surface area contributed by atoms with E-state index in [1.54, 1.807) is 0 Å². The summed E-state index contributed by atoms with van der Waals surface area (Å²) < 4.78 is 1.50. The predicted octanol–water partition coefficient (Wildman–Crippen LogP) is 2.86. The molecule has 0 heterocycles. The topological polar surface area (TPSA) is 0 Å². The fourth-order valence-electron chi connectivity index (χ4n) is 1.91. The van der Waals surface area contributed by atoms with E-state index in [1.165, 1.54) is 22.7 Å². The average Bonchev–Trinajstić information content (AvgIpc) is 2.63. The molecule has 0 N–H and O–H groups in total. The fourth-order valence-corrected chi connectivity index (χ4v) is 1.91. The Kier molecular flexibility index (Phi) is 3.29. The van der Waals surface area contributed by atoms with E-state index in [0.717, 1.165) is 0 Å². The van der Waals surface area contributed by atoms with E-state index in [1.807, 2.05) is 0 Å². The van der Waals surface area contributed by atoms with Gasteiger partial charge in [0.05, 0.1) is 0 Å². The van der Waals surface area contributed by atoms with Gasteiger partial charge in [-0.2, -0.15) is 0 Å². The first-order valence-electron chi connectivity index (χ1n) is 5.25. The van der Waals surface area contributed by atoms with Gasteiger partial charge in [-0.05, 0) is 0 Å².